The molecule has 0 saturated heterocycles. The molecular weight excluding hydrogens is 418 g/mol. The van der Waals surface area contributed by atoms with Crippen LogP contribution in [0.15, 0.2) is 71.3 Å². The van der Waals surface area contributed by atoms with E-state index in [2.05, 4.69) is 28.0 Å². The van der Waals surface area contributed by atoms with E-state index < -0.39 is 0 Å². The molecular formula is C22H24BrN3O2. The first kappa shape index (κ1) is 20.3. The van der Waals surface area contributed by atoms with Crippen LogP contribution in [0.1, 0.15) is 30.3 Å². The van der Waals surface area contributed by atoms with Gasteiger partial charge < -0.3 is 9.64 Å². The summed E-state index contributed by atoms with van der Waals surface area (Å²) in [5, 5.41) is 4.48. The number of ether oxygens (including phenoxy) is 1. The molecule has 0 unspecified atom stereocenters. The zero-order valence-corrected chi connectivity index (χ0v) is 17.5. The average molecular weight is 442 g/mol. The van der Waals surface area contributed by atoms with Crippen LogP contribution < -0.4 is 4.90 Å². The lowest BCUT2D eigenvalue weighted by molar-refractivity contribution is 0.0953. The second-order valence-electron chi connectivity index (χ2n) is 6.36. The lowest BCUT2D eigenvalue weighted by atomic mass is 10.2. The molecule has 0 aliphatic heterocycles. The molecule has 1 heterocycles. The third kappa shape index (κ3) is 5.09. The molecule has 0 saturated carbocycles. The number of benzene rings is 2. The van der Waals surface area contributed by atoms with E-state index in [4.69, 9.17) is 4.74 Å². The molecule has 5 nitrogen and oxygen atoms in total. The minimum Gasteiger partial charge on any atom is -0.380 e. The van der Waals surface area contributed by atoms with E-state index in [-0.39, 0.29) is 5.91 Å². The summed E-state index contributed by atoms with van der Waals surface area (Å²) >= 11 is 3.55. The third-order valence-corrected chi connectivity index (χ3v) is 4.99. The maximum Gasteiger partial charge on any atom is 0.278 e. The van der Waals surface area contributed by atoms with Gasteiger partial charge in [-0.15, -0.1) is 0 Å². The van der Waals surface area contributed by atoms with Crippen molar-refractivity contribution in [3.05, 3.63) is 77.0 Å². The molecule has 0 aliphatic carbocycles. The first-order valence-electron chi connectivity index (χ1n) is 9.46. The van der Waals surface area contributed by atoms with Gasteiger partial charge in [0, 0.05) is 23.8 Å². The summed E-state index contributed by atoms with van der Waals surface area (Å²) in [5.41, 5.74) is 2.12. The molecule has 3 aromatic rings. The maximum absolute atomic E-state index is 13.2. The van der Waals surface area contributed by atoms with Crippen LogP contribution in [0.2, 0.25) is 0 Å². The number of aromatic nitrogens is 2. The van der Waals surface area contributed by atoms with Crippen molar-refractivity contribution in [1.29, 1.82) is 0 Å². The number of para-hydroxylation sites is 2. The molecule has 0 N–H and O–H groups in total. The second-order valence-corrected chi connectivity index (χ2v) is 7.21. The van der Waals surface area contributed by atoms with E-state index in [1.165, 1.54) is 0 Å². The molecule has 0 spiro atoms. The Hall–Kier alpha value is -2.44. The highest BCUT2D eigenvalue weighted by atomic mass is 79.9. The number of amides is 1. The van der Waals surface area contributed by atoms with Crippen LogP contribution in [0, 0.1) is 0 Å². The fourth-order valence-electron chi connectivity index (χ4n) is 2.81. The van der Waals surface area contributed by atoms with Gasteiger partial charge in [0.2, 0.25) is 0 Å². The lowest BCUT2D eigenvalue weighted by Crippen LogP contribution is -2.34. The fourth-order valence-corrected chi connectivity index (χ4v) is 3.31. The van der Waals surface area contributed by atoms with Gasteiger partial charge in [-0.3, -0.25) is 4.79 Å². The Morgan fingerprint density at radius 3 is 2.57 bits per heavy atom. The highest BCUT2D eigenvalue weighted by Crippen LogP contribution is 2.27. The van der Waals surface area contributed by atoms with Crippen molar-refractivity contribution in [3.8, 4) is 5.69 Å². The quantitative estimate of drug-likeness (QED) is 0.434. The van der Waals surface area contributed by atoms with Crippen molar-refractivity contribution in [2.24, 2.45) is 0 Å². The van der Waals surface area contributed by atoms with Crippen molar-refractivity contribution in [1.82, 2.24) is 9.78 Å². The predicted molar refractivity (Wildman–Crippen MR) is 115 cm³/mol. The topological polar surface area (TPSA) is 47.4 Å². The molecule has 0 bridgehead atoms. The molecule has 2 aromatic carbocycles. The summed E-state index contributed by atoms with van der Waals surface area (Å²) in [7, 11) is 0. The van der Waals surface area contributed by atoms with Crippen molar-refractivity contribution >= 4 is 27.5 Å². The van der Waals surface area contributed by atoms with Crippen molar-refractivity contribution in [3.63, 3.8) is 0 Å². The minimum atomic E-state index is -0.152. The summed E-state index contributed by atoms with van der Waals surface area (Å²) in [6.45, 7) is 3.77. The maximum atomic E-state index is 13.2. The number of unbranched alkanes of at least 4 members (excludes halogenated alkanes) is 1. The van der Waals surface area contributed by atoms with Crippen LogP contribution in [0.4, 0.5) is 5.69 Å². The van der Waals surface area contributed by atoms with Gasteiger partial charge in [-0.05, 0) is 52.7 Å². The number of hydrogen-bond acceptors (Lipinski definition) is 3. The number of carbonyl (C=O) groups excluding carboxylic acids is 1. The van der Waals surface area contributed by atoms with Crippen LogP contribution >= 0.6 is 15.9 Å². The SMILES string of the molecule is CCCCOCCN(C(=O)c1ccn(-c2ccccc2)n1)c1ccccc1Br. The Labute approximate surface area is 174 Å². The van der Waals surface area contributed by atoms with Crippen LogP contribution in [0.25, 0.3) is 5.69 Å². The molecule has 1 aromatic heterocycles. The molecule has 0 aliphatic rings. The van der Waals surface area contributed by atoms with Crippen molar-refractivity contribution in [2.75, 3.05) is 24.7 Å². The highest BCUT2D eigenvalue weighted by molar-refractivity contribution is 9.10. The molecule has 6 heteroatoms. The number of anilines is 1. The average Bonchev–Trinajstić information content (AvgIpc) is 3.22. The number of rotatable bonds is 9. The molecule has 28 heavy (non-hydrogen) atoms. The zero-order valence-electron chi connectivity index (χ0n) is 15.9. The van der Waals surface area contributed by atoms with Gasteiger partial charge in [0.05, 0.1) is 18.0 Å². The molecule has 3 rings (SSSR count). The van der Waals surface area contributed by atoms with Gasteiger partial charge in [-0.2, -0.15) is 5.10 Å². The van der Waals surface area contributed by atoms with Gasteiger partial charge >= 0.3 is 0 Å². The number of halogens is 1. The van der Waals surface area contributed by atoms with E-state index in [9.17, 15) is 4.79 Å². The van der Waals surface area contributed by atoms with Gasteiger partial charge in [-0.25, -0.2) is 4.68 Å². The first-order valence-corrected chi connectivity index (χ1v) is 10.2. The Bertz CT molecular complexity index is 896. The molecule has 0 radical (unpaired) electrons. The smallest absolute Gasteiger partial charge is 0.278 e. The molecule has 0 atom stereocenters. The Balaban J connectivity index is 1.80. The molecule has 146 valence electrons. The number of hydrogen-bond donors (Lipinski definition) is 0. The van der Waals surface area contributed by atoms with E-state index in [0.717, 1.165) is 28.7 Å². The third-order valence-electron chi connectivity index (χ3n) is 4.32. The summed E-state index contributed by atoms with van der Waals surface area (Å²) in [4.78, 5) is 15.0. The van der Waals surface area contributed by atoms with Crippen molar-refractivity contribution < 1.29 is 9.53 Å². The van der Waals surface area contributed by atoms with Crippen LogP contribution in [0.3, 0.4) is 0 Å². The van der Waals surface area contributed by atoms with Gasteiger partial charge in [0.25, 0.3) is 5.91 Å². The summed E-state index contributed by atoms with van der Waals surface area (Å²) in [6, 6.07) is 19.2. The zero-order chi connectivity index (χ0) is 19.8. The van der Waals surface area contributed by atoms with E-state index in [0.29, 0.717) is 25.5 Å². The number of nitrogens with zero attached hydrogens (tertiary/aromatic N) is 3. The largest absolute Gasteiger partial charge is 0.380 e. The van der Waals surface area contributed by atoms with Gasteiger partial charge in [0.15, 0.2) is 5.69 Å². The normalized spacial score (nSPS) is 10.8. The second kappa shape index (κ2) is 10.2. The van der Waals surface area contributed by atoms with Gasteiger partial charge in [-0.1, -0.05) is 43.7 Å². The minimum absolute atomic E-state index is 0.152. The fraction of sp³-hybridized carbons (Fsp3) is 0.273. The van der Waals surface area contributed by atoms with Crippen LogP contribution in [-0.4, -0.2) is 35.4 Å². The molecule has 1 amide bonds. The standard InChI is InChI=1S/C22H24BrN3O2/c1-2-3-16-28-17-15-25(21-12-8-7-11-19(21)23)22(27)20-13-14-26(24-20)18-9-5-4-6-10-18/h4-14H,2-3,15-17H2,1H3. The Kier molecular flexibility index (Phi) is 7.39. The van der Waals surface area contributed by atoms with E-state index >= 15 is 0 Å². The Morgan fingerprint density at radius 1 is 1.07 bits per heavy atom. The molecule has 0 fully saturated rings. The first-order chi connectivity index (χ1) is 13.7. The lowest BCUT2D eigenvalue weighted by Gasteiger charge is -2.23. The van der Waals surface area contributed by atoms with E-state index in [1.807, 2.05) is 54.6 Å². The summed E-state index contributed by atoms with van der Waals surface area (Å²) < 4.78 is 8.26. The Morgan fingerprint density at radius 2 is 1.82 bits per heavy atom. The van der Waals surface area contributed by atoms with Crippen LogP contribution in [0.5, 0.6) is 0 Å². The van der Waals surface area contributed by atoms with E-state index in [1.54, 1.807) is 21.8 Å². The van der Waals surface area contributed by atoms with Gasteiger partial charge in [0.1, 0.15) is 0 Å². The van der Waals surface area contributed by atoms with Crippen molar-refractivity contribution in [2.45, 2.75) is 19.8 Å². The summed E-state index contributed by atoms with van der Waals surface area (Å²) in [6.07, 6.45) is 3.91. The van der Waals surface area contributed by atoms with Crippen LogP contribution in [-0.2, 0) is 4.74 Å². The predicted octanol–water partition coefficient (Wildman–Crippen LogP) is 5.10. The monoisotopic (exact) mass is 441 g/mol. The summed E-state index contributed by atoms with van der Waals surface area (Å²) in [5.74, 6) is -0.152. The highest BCUT2D eigenvalue weighted by Gasteiger charge is 2.22. The number of carbonyl (C=O) groups is 1.